The van der Waals surface area contributed by atoms with Crippen molar-refractivity contribution >= 4 is 17.3 Å². The molecule has 0 fully saturated rings. The Kier molecular flexibility index (Phi) is 3.86. The van der Waals surface area contributed by atoms with E-state index in [1.54, 1.807) is 12.1 Å². The zero-order chi connectivity index (χ0) is 14.0. The van der Waals surface area contributed by atoms with Gasteiger partial charge in [-0.25, -0.2) is 0 Å². The van der Waals surface area contributed by atoms with Crippen molar-refractivity contribution in [1.82, 2.24) is 0 Å². The lowest BCUT2D eigenvalue weighted by Gasteiger charge is -2.19. The van der Waals surface area contributed by atoms with Crippen LogP contribution < -0.4 is 5.32 Å². The molecule has 0 bridgehead atoms. The van der Waals surface area contributed by atoms with E-state index in [0.717, 1.165) is 16.8 Å². The van der Waals surface area contributed by atoms with Gasteiger partial charge in [-0.3, -0.25) is 0 Å². The maximum absolute atomic E-state index is 9.50. The molecular formula is C15H16ClNO2. The van der Waals surface area contributed by atoms with Crippen LogP contribution in [0.5, 0.6) is 11.5 Å². The van der Waals surface area contributed by atoms with E-state index in [9.17, 15) is 10.2 Å². The fourth-order valence-corrected chi connectivity index (χ4v) is 2.26. The predicted molar refractivity (Wildman–Crippen MR) is 78.0 cm³/mol. The van der Waals surface area contributed by atoms with Crippen molar-refractivity contribution in [1.29, 1.82) is 0 Å². The summed E-state index contributed by atoms with van der Waals surface area (Å²) in [4.78, 5) is 0. The first-order chi connectivity index (χ1) is 8.97. The van der Waals surface area contributed by atoms with Crippen LogP contribution in [0.3, 0.4) is 0 Å². The first-order valence-corrected chi connectivity index (χ1v) is 6.39. The van der Waals surface area contributed by atoms with Gasteiger partial charge in [0.1, 0.15) is 11.5 Å². The monoisotopic (exact) mass is 277 g/mol. The second-order valence-electron chi connectivity index (χ2n) is 4.58. The number of para-hydroxylation sites is 1. The number of hydrogen-bond donors (Lipinski definition) is 3. The van der Waals surface area contributed by atoms with Crippen molar-refractivity contribution < 1.29 is 10.2 Å². The molecule has 0 aliphatic rings. The number of phenols is 2. The molecule has 2 aromatic rings. The summed E-state index contributed by atoms with van der Waals surface area (Å²) in [6.07, 6.45) is 0. The van der Waals surface area contributed by atoms with Gasteiger partial charge in [0.15, 0.2) is 0 Å². The molecule has 0 aliphatic heterocycles. The van der Waals surface area contributed by atoms with E-state index in [1.165, 1.54) is 6.07 Å². The molecule has 2 rings (SSSR count). The molecule has 0 radical (unpaired) electrons. The van der Waals surface area contributed by atoms with Crippen LogP contribution in [-0.4, -0.2) is 10.2 Å². The lowest BCUT2D eigenvalue weighted by Crippen LogP contribution is -2.08. The summed E-state index contributed by atoms with van der Waals surface area (Å²) in [7, 11) is 0. The number of aromatic hydroxyl groups is 2. The normalized spacial score (nSPS) is 12.2. The highest BCUT2D eigenvalue weighted by atomic mass is 35.5. The fourth-order valence-electron chi connectivity index (χ4n) is 1.98. The molecule has 0 spiro atoms. The zero-order valence-corrected chi connectivity index (χ0v) is 11.6. The summed E-state index contributed by atoms with van der Waals surface area (Å²) in [6, 6.07) is 10.1. The van der Waals surface area contributed by atoms with Crippen molar-refractivity contribution in [2.45, 2.75) is 19.9 Å². The second-order valence-corrected chi connectivity index (χ2v) is 4.99. The van der Waals surface area contributed by atoms with Gasteiger partial charge >= 0.3 is 0 Å². The maximum atomic E-state index is 9.50. The zero-order valence-electron chi connectivity index (χ0n) is 10.8. The first-order valence-electron chi connectivity index (χ1n) is 6.02. The van der Waals surface area contributed by atoms with Crippen LogP contribution in [0.25, 0.3) is 0 Å². The van der Waals surface area contributed by atoms with Gasteiger partial charge in [-0.1, -0.05) is 23.7 Å². The van der Waals surface area contributed by atoms with Crippen molar-refractivity contribution in [3.05, 3.63) is 52.5 Å². The summed E-state index contributed by atoms with van der Waals surface area (Å²) in [5.74, 6) is 0.0825. The van der Waals surface area contributed by atoms with E-state index in [4.69, 9.17) is 11.6 Å². The van der Waals surface area contributed by atoms with Crippen LogP contribution in [0.2, 0.25) is 5.02 Å². The van der Waals surface area contributed by atoms with Gasteiger partial charge in [0.05, 0.1) is 10.7 Å². The van der Waals surface area contributed by atoms with Gasteiger partial charge in [-0.15, -0.1) is 0 Å². The first kappa shape index (κ1) is 13.6. The minimum atomic E-state index is -0.0865. The number of nitrogens with one attached hydrogen (secondary N) is 1. The van der Waals surface area contributed by atoms with Crippen LogP contribution in [0.1, 0.15) is 24.1 Å². The quantitative estimate of drug-likeness (QED) is 0.787. The van der Waals surface area contributed by atoms with Crippen molar-refractivity contribution in [3.63, 3.8) is 0 Å². The Morgan fingerprint density at radius 3 is 2.32 bits per heavy atom. The van der Waals surface area contributed by atoms with Gasteiger partial charge in [0, 0.05) is 12.1 Å². The molecule has 19 heavy (non-hydrogen) atoms. The molecule has 0 heterocycles. The van der Waals surface area contributed by atoms with E-state index in [0.29, 0.717) is 5.02 Å². The Morgan fingerprint density at radius 2 is 1.74 bits per heavy atom. The topological polar surface area (TPSA) is 52.5 Å². The largest absolute Gasteiger partial charge is 0.508 e. The highest BCUT2D eigenvalue weighted by molar-refractivity contribution is 6.33. The Morgan fingerprint density at radius 1 is 1.11 bits per heavy atom. The maximum Gasteiger partial charge on any atom is 0.119 e. The van der Waals surface area contributed by atoms with E-state index < -0.39 is 0 Å². The highest BCUT2D eigenvalue weighted by Crippen LogP contribution is 2.31. The van der Waals surface area contributed by atoms with Crippen molar-refractivity contribution in [3.8, 4) is 11.5 Å². The average molecular weight is 278 g/mol. The second kappa shape index (κ2) is 5.41. The predicted octanol–water partition coefficient (Wildman–Crippen LogP) is 4.23. The van der Waals surface area contributed by atoms with Gasteiger partial charge in [0.2, 0.25) is 0 Å². The van der Waals surface area contributed by atoms with Crippen LogP contribution in [0, 0.1) is 6.92 Å². The number of benzene rings is 2. The van der Waals surface area contributed by atoms with Crippen LogP contribution in [-0.2, 0) is 0 Å². The molecule has 0 aromatic heterocycles. The lowest BCUT2D eigenvalue weighted by molar-refractivity contribution is 0.448. The molecule has 1 atom stereocenters. The number of aryl methyl sites for hydroxylation is 1. The Hall–Kier alpha value is -1.87. The smallest absolute Gasteiger partial charge is 0.119 e. The van der Waals surface area contributed by atoms with Crippen LogP contribution in [0.15, 0.2) is 36.4 Å². The molecule has 1 unspecified atom stereocenters. The molecule has 0 saturated carbocycles. The molecule has 3 nitrogen and oxygen atoms in total. The van der Waals surface area contributed by atoms with Gasteiger partial charge in [0.25, 0.3) is 0 Å². The molecule has 3 N–H and O–H groups in total. The number of anilines is 1. The van der Waals surface area contributed by atoms with Crippen molar-refractivity contribution in [2.75, 3.05) is 5.32 Å². The SMILES string of the molecule is Cc1cccc(Cl)c1NC(C)c1cc(O)cc(O)c1. The van der Waals surface area contributed by atoms with Crippen LogP contribution in [0.4, 0.5) is 5.69 Å². The summed E-state index contributed by atoms with van der Waals surface area (Å²) in [5.41, 5.74) is 2.69. The molecule has 100 valence electrons. The van der Waals surface area contributed by atoms with E-state index >= 15 is 0 Å². The summed E-state index contributed by atoms with van der Waals surface area (Å²) in [5, 5.41) is 23.0. The minimum Gasteiger partial charge on any atom is -0.508 e. The number of halogens is 1. The standard InChI is InChI=1S/C15H16ClNO2/c1-9-4-3-5-14(16)15(9)17-10(2)11-6-12(18)8-13(19)7-11/h3-8,10,17-19H,1-2H3. The van der Waals surface area contributed by atoms with Crippen molar-refractivity contribution in [2.24, 2.45) is 0 Å². The molecule has 4 heteroatoms. The third-order valence-corrected chi connectivity index (χ3v) is 3.32. The summed E-state index contributed by atoms with van der Waals surface area (Å²) >= 11 is 6.16. The van der Waals surface area contributed by atoms with Gasteiger partial charge in [-0.2, -0.15) is 0 Å². The molecule has 0 saturated heterocycles. The van der Waals surface area contributed by atoms with E-state index in [2.05, 4.69) is 5.32 Å². The summed E-state index contributed by atoms with van der Waals surface area (Å²) < 4.78 is 0. The molecule has 0 aliphatic carbocycles. The summed E-state index contributed by atoms with van der Waals surface area (Å²) in [6.45, 7) is 3.91. The van der Waals surface area contributed by atoms with Gasteiger partial charge in [-0.05, 0) is 43.2 Å². The molecular weight excluding hydrogens is 262 g/mol. The lowest BCUT2D eigenvalue weighted by atomic mass is 10.1. The number of hydrogen-bond acceptors (Lipinski definition) is 3. The highest BCUT2D eigenvalue weighted by Gasteiger charge is 2.11. The van der Waals surface area contributed by atoms with E-state index in [1.807, 2.05) is 32.0 Å². The Bertz CT molecular complexity index is 558. The minimum absolute atomic E-state index is 0.0412. The average Bonchev–Trinajstić information content (AvgIpc) is 2.32. The number of phenolic OH excluding ortho intramolecular Hbond substituents is 2. The van der Waals surface area contributed by atoms with E-state index in [-0.39, 0.29) is 17.5 Å². The van der Waals surface area contributed by atoms with Gasteiger partial charge < -0.3 is 15.5 Å². The molecule has 0 amide bonds. The fraction of sp³-hybridized carbons (Fsp3) is 0.200. The molecule has 2 aromatic carbocycles. The third kappa shape index (κ3) is 3.12. The van der Waals surface area contributed by atoms with Crippen LogP contribution >= 0.6 is 11.6 Å². The Labute approximate surface area is 117 Å². The number of rotatable bonds is 3. The third-order valence-electron chi connectivity index (χ3n) is 3.01. The Balaban J connectivity index is 2.28.